The topological polar surface area (TPSA) is 110 Å². The minimum Gasteiger partial charge on any atom is -0.493 e. The molecule has 1 saturated heterocycles. The van der Waals surface area contributed by atoms with Crippen LogP contribution < -0.4 is 9.47 Å². The van der Waals surface area contributed by atoms with Gasteiger partial charge in [-0.25, -0.2) is 4.79 Å². The van der Waals surface area contributed by atoms with Crippen molar-refractivity contribution < 1.29 is 42.3 Å². The van der Waals surface area contributed by atoms with Gasteiger partial charge in [0, 0.05) is 37.7 Å². The average Bonchev–Trinajstić information content (AvgIpc) is 3.54. The van der Waals surface area contributed by atoms with E-state index < -0.39 is 34.6 Å². The number of hydrogen-bond donors (Lipinski definition) is 0. The van der Waals surface area contributed by atoms with E-state index in [0.717, 1.165) is 45.3 Å². The van der Waals surface area contributed by atoms with Crippen molar-refractivity contribution in [2.24, 2.45) is 0 Å². The Balaban J connectivity index is 1.70. The van der Waals surface area contributed by atoms with E-state index in [0.29, 0.717) is 68.6 Å². The van der Waals surface area contributed by atoms with Gasteiger partial charge in [0.15, 0.2) is 16.6 Å². The molecular formula is C52H95NO9Si2. The number of imide groups is 1. The van der Waals surface area contributed by atoms with Crippen molar-refractivity contribution in [3.05, 3.63) is 23.8 Å². The smallest absolute Gasteiger partial charge is 0.493 e. The first-order chi connectivity index (χ1) is 30.5. The van der Waals surface area contributed by atoms with Gasteiger partial charge in [0.05, 0.1) is 13.2 Å². The molecule has 0 unspecified atom stereocenters. The van der Waals surface area contributed by atoms with Gasteiger partial charge in [0.25, 0.3) is 11.8 Å². The molecule has 1 fully saturated rings. The van der Waals surface area contributed by atoms with Crippen LogP contribution in [0.15, 0.2) is 18.2 Å². The fourth-order valence-electron chi connectivity index (χ4n) is 10.5. The van der Waals surface area contributed by atoms with Crippen molar-refractivity contribution in [1.82, 2.24) is 5.06 Å². The molecule has 64 heavy (non-hydrogen) atoms. The van der Waals surface area contributed by atoms with Crippen molar-refractivity contribution in [2.75, 3.05) is 26.4 Å². The van der Waals surface area contributed by atoms with Crippen LogP contribution in [0.1, 0.15) is 217 Å². The standard InChI is InChI=1S/C52H95NO9Si2/c1-41(2)63(42(3)4,43(5)6)60-37-29-25-21-17-13-15-19-23-27-35-57-48-32-31-47(40-59-52(56)62-53-50(54)33-34-51(53)55)49(39-48)58-36-28-24-20-16-14-18-22-26-30-38-61-64(44(7)8,45(9)10)46(11)12/h31-32,39,41-46H,13-30,33-38,40H2,1-12H3. The quantitative estimate of drug-likeness (QED) is 0.0279. The van der Waals surface area contributed by atoms with Crippen molar-refractivity contribution in [1.29, 1.82) is 0 Å². The molecule has 12 heteroatoms. The molecule has 1 heterocycles. The van der Waals surface area contributed by atoms with E-state index in [9.17, 15) is 14.4 Å². The van der Waals surface area contributed by atoms with Crippen LogP contribution in [-0.4, -0.2) is 66.1 Å². The summed E-state index contributed by atoms with van der Waals surface area (Å²) in [4.78, 5) is 41.0. The normalized spacial score (nSPS) is 13.8. The summed E-state index contributed by atoms with van der Waals surface area (Å²) >= 11 is 0. The van der Waals surface area contributed by atoms with Gasteiger partial charge in [-0.15, -0.1) is 0 Å². The summed E-state index contributed by atoms with van der Waals surface area (Å²) in [6.07, 6.45) is 20.4. The van der Waals surface area contributed by atoms with E-state index in [1.165, 1.54) is 83.5 Å². The number of hydrogen-bond acceptors (Lipinski definition) is 9. The van der Waals surface area contributed by atoms with Crippen molar-refractivity contribution in [3.63, 3.8) is 0 Å². The predicted octanol–water partition coefficient (Wildman–Crippen LogP) is 15.6. The summed E-state index contributed by atoms with van der Waals surface area (Å²) < 4.78 is 31.1. The fourth-order valence-corrected chi connectivity index (χ4v) is 21.5. The van der Waals surface area contributed by atoms with Gasteiger partial charge in [0.1, 0.15) is 18.1 Å². The maximum absolute atomic E-state index is 12.4. The lowest BCUT2D eigenvalue weighted by Crippen LogP contribution is -2.47. The predicted molar refractivity (Wildman–Crippen MR) is 267 cm³/mol. The zero-order valence-electron chi connectivity index (χ0n) is 43.0. The molecule has 10 nitrogen and oxygen atoms in total. The Morgan fingerprint density at radius 3 is 1.22 bits per heavy atom. The van der Waals surface area contributed by atoms with Crippen LogP contribution in [0.4, 0.5) is 4.79 Å². The number of carbonyl (C=O) groups is 3. The van der Waals surface area contributed by atoms with E-state index in [1.807, 2.05) is 18.2 Å². The highest BCUT2D eigenvalue weighted by Crippen LogP contribution is 2.43. The molecule has 2 amide bonds. The minimum absolute atomic E-state index is 0.0212. The molecule has 1 aliphatic heterocycles. The molecule has 0 bridgehead atoms. The fraction of sp³-hybridized carbons (Fsp3) is 0.827. The summed E-state index contributed by atoms with van der Waals surface area (Å²) in [5.41, 5.74) is 4.49. The maximum Gasteiger partial charge on any atom is 0.534 e. The second-order valence-electron chi connectivity index (χ2n) is 20.4. The van der Waals surface area contributed by atoms with Crippen LogP contribution in [0.2, 0.25) is 33.2 Å². The summed E-state index contributed by atoms with van der Waals surface area (Å²) in [6.45, 7) is 31.1. The molecule has 370 valence electrons. The number of nitrogens with zero attached hydrogens (tertiary/aromatic N) is 1. The molecular weight excluding hydrogens is 839 g/mol. The Morgan fingerprint density at radius 1 is 0.500 bits per heavy atom. The van der Waals surface area contributed by atoms with Crippen LogP contribution >= 0.6 is 0 Å². The summed E-state index contributed by atoms with van der Waals surface area (Å²) in [6, 6.07) is 5.55. The van der Waals surface area contributed by atoms with Gasteiger partial charge in [-0.05, 0) is 71.1 Å². The van der Waals surface area contributed by atoms with Gasteiger partial charge in [-0.1, -0.05) is 178 Å². The average molecular weight is 935 g/mol. The van der Waals surface area contributed by atoms with E-state index in [4.69, 9.17) is 27.9 Å². The number of carbonyl (C=O) groups excluding carboxylic acids is 3. The third-order valence-electron chi connectivity index (χ3n) is 13.8. The Kier molecular flexibility index (Phi) is 28.4. The van der Waals surface area contributed by atoms with E-state index in [1.54, 1.807) is 0 Å². The number of unbranched alkanes of at least 4 members (excludes halogenated alkanes) is 16. The molecule has 0 spiro atoms. The Bertz CT molecular complexity index is 1390. The number of amides is 2. The molecule has 0 radical (unpaired) electrons. The number of benzene rings is 1. The highest BCUT2D eigenvalue weighted by Gasteiger charge is 2.45. The Morgan fingerprint density at radius 2 is 0.844 bits per heavy atom. The molecule has 1 aromatic carbocycles. The summed E-state index contributed by atoms with van der Waals surface area (Å²) in [5, 5.41) is 0.488. The second-order valence-corrected chi connectivity index (χ2v) is 31.3. The largest absolute Gasteiger partial charge is 0.534 e. The zero-order chi connectivity index (χ0) is 47.5. The van der Waals surface area contributed by atoms with E-state index >= 15 is 0 Å². The van der Waals surface area contributed by atoms with Crippen molar-refractivity contribution in [2.45, 2.75) is 251 Å². The first-order valence-electron chi connectivity index (χ1n) is 25.9. The number of hydroxylamine groups is 2. The van der Waals surface area contributed by atoms with E-state index in [2.05, 4.69) is 83.1 Å². The lowest BCUT2D eigenvalue weighted by molar-refractivity contribution is -0.177. The third kappa shape index (κ3) is 19.4. The molecule has 1 aromatic rings. The lowest BCUT2D eigenvalue weighted by atomic mass is 10.1. The monoisotopic (exact) mass is 934 g/mol. The summed E-state index contributed by atoms with van der Waals surface area (Å²) in [5.74, 6) is 0.197. The van der Waals surface area contributed by atoms with Crippen LogP contribution in [0.3, 0.4) is 0 Å². The number of ether oxygens (including phenoxy) is 3. The van der Waals surface area contributed by atoms with Gasteiger partial charge in [-0.2, -0.15) is 0 Å². The molecule has 0 saturated carbocycles. The third-order valence-corrected chi connectivity index (χ3v) is 26.0. The SMILES string of the molecule is CC(C)[Si](OCCCCCCCCCCCOc1ccc(COC(=O)ON2C(=O)CCC2=O)c(OCCCCCCCCCCCO[Si](C(C)C)(C(C)C)C(C)C)c1)(C(C)C)C(C)C. The zero-order valence-corrected chi connectivity index (χ0v) is 45.0. The number of rotatable bonds is 37. The highest BCUT2D eigenvalue weighted by atomic mass is 28.4. The summed E-state index contributed by atoms with van der Waals surface area (Å²) in [7, 11) is -3.51. The van der Waals surface area contributed by atoms with Gasteiger partial charge in [-0.3, -0.25) is 14.4 Å². The minimum atomic E-state index is -1.76. The maximum atomic E-state index is 12.4. The van der Waals surface area contributed by atoms with Gasteiger partial charge >= 0.3 is 6.16 Å². The van der Waals surface area contributed by atoms with Crippen LogP contribution in [0.25, 0.3) is 0 Å². The van der Waals surface area contributed by atoms with E-state index in [-0.39, 0.29) is 19.4 Å². The van der Waals surface area contributed by atoms with Crippen LogP contribution in [-0.2, 0) is 34.6 Å². The molecule has 2 rings (SSSR count). The molecule has 0 N–H and O–H groups in total. The van der Waals surface area contributed by atoms with Crippen molar-refractivity contribution >= 4 is 34.6 Å². The Hall–Kier alpha value is -2.42. The highest BCUT2D eigenvalue weighted by molar-refractivity contribution is 6.78. The molecule has 0 aromatic heterocycles. The first-order valence-corrected chi connectivity index (χ1v) is 30.1. The van der Waals surface area contributed by atoms with Crippen molar-refractivity contribution in [3.8, 4) is 11.5 Å². The first kappa shape index (κ1) is 57.7. The van der Waals surface area contributed by atoms with Gasteiger partial charge < -0.3 is 23.1 Å². The molecule has 0 atom stereocenters. The van der Waals surface area contributed by atoms with Gasteiger partial charge in [0.2, 0.25) is 0 Å². The molecule has 0 aliphatic carbocycles. The second kappa shape index (κ2) is 31.5. The van der Waals surface area contributed by atoms with Crippen LogP contribution in [0.5, 0.6) is 11.5 Å². The Labute approximate surface area is 393 Å². The molecule has 1 aliphatic rings. The lowest BCUT2D eigenvalue weighted by Gasteiger charge is -2.42. The van der Waals surface area contributed by atoms with Crippen LogP contribution in [0, 0.1) is 0 Å².